The highest BCUT2D eigenvalue weighted by Crippen LogP contribution is 2.32. The van der Waals surface area contributed by atoms with Gasteiger partial charge in [0.2, 0.25) is 0 Å². The zero-order chi connectivity index (χ0) is 23.3. The first-order valence-electron chi connectivity index (χ1n) is 11.1. The lowest BCUT2D eigenvalue weighted by atomic mass is 10.1. The molecule has 0 unspecified atom stereocenters. The minimum Gasteiger partial charge on any atom is -0.451 e. The van der Waals surface area contributed by atoms with E-state index in [4.69, 9.17) is 20.8 Å². The van der Waals surface area contributed by atoms with Gasteiger partial charge in [-0.05, 0) is 42.0 Å². The summed E-state index contributed by atoms with van der Waals surface area (Å²) in [4.78, 5) is 20.9. The van der Waals surface area contributed by atoms with E-state index in [1.54, 1.807) is 18.0 Å². The number of benzene rings is 2. The predicted octanol–water partition coefficient (Wildman–Crippen LogP) is 5.54. The molecule has 1 fully saturated rings. The summed E-state index contributed by atoms with van der Waals surface area (Å²) >= 11 is 7.64. The second-order valence-electron chi connectivity index (χ2n) is 7.96. The molecular weight excluding hydrogens is 470 g/mol. The SMILES string of the molecule is O=C(NCc1ccc(N2CCOCC2)nc1)c1oc2ccccc2c1CSc1ccc(Cl)cc1. The van der Waals surface area contributed by atoms with Crippen LogP contribution in [0.5, 0.6) is 0 Å². The molecule has 34 heavy (non-hydrogen) atoms. The van der Waals surface area contributed by atoms with Crippen LogP contribution in [0.3, 0.4) is 0 Å². The molecular formula is C26H24ClN3O3S. The summed E-state index contributed by atoms with van der Waals surface area (Å²) in [6.45, 7) is 3.49. The molecule has 1 saturated heterocycles. The number of nitrogens with one attached hydrogen (secondary N) is 1. The molecule has 4 aromatic rings. The largest absolute Gasteiger partial charge is 0.451 e. The molecule has 0 atom stereocenters. The molecule has 1 amide bonds. The number of aromatic nitrogens is 1. The third kappa shape index (κ3) is 5.22. The maximum Gasteiger partial charge on any atom is 0.287 e. The van der Waals surface area contributed by atoms with E-state index >= 15 is 0 Å². The van der Waals surface area contributed by atoms with Crippen LogP contribution in [-0.4, -0.2) is 37.2 Å². The Bertz CT molecular complexity index is 1270. The Hall–Kier alpha value is -3.00. The molecule has 8 heteroatoms. The van der Waals surface area contributed by atoms with Crippen LogP contribution in [-0.2, 0) is 17.0 Å². The van der Waals surface area contributed by atoms with Crippen LogP contribution in [0.4, 0.5) is 5.82 Å². The van der Waals surface area contributed by atoms with Crippen molar-refractivity contribution < 1.29 is 13.9 Å². The zero-order valence-corrected chi connectivity index (χ0v) is 20.1. The van der Waals surface area contributed by atoms with Crippen LogP contribution in [0.15, 0.2) is 76.2 Å². The van der Waals surface area contributed by atoms with E-state index in [1.807, 2.05) is 60.7 Å². The summed E-state index contributed by atoms with van der Waals surface area (Å²) in [5, 5.41) is 4.64. The van der Waals surface area contributed by atoms with E-state index in [0.29, 0.717) is 28.7 Å². The van der Waals surface area contributed by atoms with Crippen LogP contribution in [0.1, 0.15) is 21.7 Å². The highest BCUT2D eigenvalue weighted by Gasteiger charge is 2.20. The van der Waals surface area contributed by atoms with Gasteiger partial charge >= 0.3 is 0 Å². The molecule has 0 saturated carbocycles. The van der Waals surface area contributed by atoms with Crippen LogP contribution < -0.4 is 10.2 Å². The number of thioether (sulfide) groups is 1. The molecule has 174 valence electrons. The maximum absolute atomic E-state index is 13.1. The van der Waals surface area contributed by atoms with Crippen molar-refractivity contribution in [2.24, 2.45) is 0 Å². The lowest BCUT2D eigenvalue weighted by Gasteiger charge is -2.27. The van der Waals surface area contributed by atoms with Gasteiger partial charge in [0.1, 0.15) is 11.4 Å². The van der Waals surface area contributed by atoms with Gasteiger partial charge in [0.05, 0.1) is 13.2 Å². The van der Waals surface area contributed by atoms with Crippen molar-refractivity contribution in [2.45, 2.75) is 17.2 Å². The lowest BCUT2D eigenvalue weighted by Crippen LogP contribution is -2.36. The molecule has 0 radical (unpaired) electrons. The molecule has 2 aromatic heterocycles. The van der Waals surface area contributed by atoms with Crippen LogP contribution in [0.25, 0.3) is 11.0 Å². The number of ether oxygens (including phenoxy) is 1. The number of anilines is 1. The molecule has 3 heterocycles. The van der Waals surface area contributed by atoms with Crippen LogP contribution in [0, 0.1) is 0 Å². The van der Waals surface area contributed by atoms with Gasteiger partial charge in [-0.25, -0.2) is 4.98 Å². The number of morpholine rings is 1. The van der Waals surface area contributed by atoms with Crippen molar-refractivity contribution in [1.82, 2.24) is 10.3 Å². The van der Waals surface area contributed by atoms with Crippen LogP contribution in [0.2, 0.25) is 5.02 Å². The van der Waals surface area contributed by atoms with Crippen molar-refractivity contribution in [3.8, 4) is 0 Å². The molecule has 1 aliphatic rings. The minimum atomic E-state index is -0.236. The Morgan fingerprint density at radius 1 is 1.06 bits per heavy atom. The summed E-state index contributed by atoms with van der Waals surface area (Å²) in [5.41, 5.74) is 2.52. The van der Waals surface area contributed by atoms with Crippen molar-refractivity contribution in [3.05, 3.63) is 88.8 Å². The molecule has 1 N–H and O–H groups in total. The number of para-hydroxylation sites is 1. The number of amides is 1. The number of halogens is 1. The average molecular weight is 494 g/mol. The predicted molar refractivity (Wildman–Crippen MR) is 136 cm³/mol. The second kappa shape index (κ2) is 10.5. The maximum atomic E-state index is 13.1. The first-order chi connectivity index (χ1) is 16.7. The molecule has 5 rings (SSSR count). The second-order valence-corrected chi connectivity index (χ2v) is 9.44. The molecule has 0 aliphatic carbocycles. The smallest absolute Gasteiger partial charge is 0.287 e. The summed E-state index contributed by atoms with van der Waals surface area (Å²) in [6, 6.07) is 19.4. The third-order valence-corrected chi connectivity index (χ3v) is 6.99. The van der Waals surface area contributed by atoms with Crippen molar-refractivity contribution in [2.75, 3.05) is 31.2 Å². The Morgan fingerprint density at radius 2 is 1.85 bits per heavy atom. The van der Waals surface area contributed by atoms with Crippen molar-refractivity contribution in [1.29, 1.82) is 0 Å². The number of rotatable bonds is 7. The highest BCUT2D eigenvalue weighted by molar-refractivity contribution is 7.98. The van der Waals surface area contributed by atoms with E-state index in [-0.39, 0.29) is 5.91 Å². The fourth-order valence-electron chi connectivity index (χ4n) is 3.88. The van der Waals surface area contributed by atoms with Gasteiger partial charge in [-0.1, -0.05) is 35.9 Å². The summed E-state index contributed by atoms with van der Waals surface area (Å²) in [5.74, 6) is 1.65. The van der Waals surface area contributed by atoms with Crippen molar-refractivity contribution in [3.63, 3.8) is 0 Å². The summed E-state index contributed by atoms with van der Waals surface area (Å²) in [7, 11) is 0. The topological polar surface area (TPSA) is 67.6 Å². The number of fused-ring (bicyclic) bond motifs is 1. The van der Waals surface area contributed by atoms with Gasteiger partial charge in [0, 0.05) is 52.5 Å². The first-order valence-corrected chi connectivity index (χ1v) is 12.5. The van der Waals surface area contributed by atoms with Crippen molar-refractivity contribution >= 4 is 46.1 Å². The monoisotopic (exact) mass is 493 g/mol. The first kappa shape index (κ1) is 22.8. The van der Waals surface area contributed by atoms with Gasteiger partial charge in [-0.15, -0.1) is 11.8 Å². The number of hydrogen-bond acceptors (Lipinski definition) is 6. The number of carbonyl (C=O) groups excluding carboxylic acids is 1. The zero-order valence-electron chi connectivity index (χ0n) is 18.5. The average Bonchev–Trinajstić information content (AvgIpc) is 3.26. The normalized spacial score (nSPS) is 13.9. The Morgan fingerprint density at radius 3 is 2.62 bits per heavy atom. The Balaban J connectivity index is 1.28. The Kier molecular flexibility index (Phi) is 7.04. The molecule has 1 aliphatic heterocycles. The van der Waals surface area contributed by atoms with E-state index in [1.165, 1.54) is 0 Å². The molecule has 2 aromatic carbocycles. The molecule has 6 nitrogen and oxygen atoms in total. The fourth-order valence-corrected chi connectivity index (χ4v) is 4.93. The Labute approximate surface area is 207 Å². The third-order valence-electron chi connectivity index (χ3n) is 5.70. The van der Waals surface area contributed by atoms with E-state index < -0.39 is 0 Å². The highest BCUT2D eigenvalue weighted by atomic mass is 35.5. The van der Waals surface area contributed by atoms with E-state index in [2.05, 4.69) is 15.2 Å². The molecule has 0 bridgehead atoms. The van der Waals surface area contributed by atoms with Gasteiger partial charge in [-0.3, -0.25) is 4.79 Å². The van der Waals surface area contributed by atoms with E-state index in [0.717, 1.165) is 53.5 Å². The number of furan rings is 1. The molecule has 0 spiro atoms. The summed E-state index contributed by atoms with van der Waals surface area (Å²) < 4.78 is 11.4. The number of hydrogen-bond donors (Lipinski definition) is 1. The lowest BCUT2D eigenvalue weighted by molar-refractivity contribution is 0.0924. The summed E-state index contributed by atoms with van der Waals surface area (Å²) in [6.07, 6.45) is 1.81. The van der Waals surface area contributed by atoms with Gasteiger partial charge in [0.15, 0.2) is 5.76 Å². The fraction of sp³-hybridized carbons (Fsp3) is 0.231. The van der Waals surface area contributed by atoms with Gasteiger partial charge in [-0.2, -0.15) is 0 Å². The quantitative estimate of drug-likeness (QED) is 0.341. The van der Waals surface area contributed by atoms with E-state index in [9.17, 15) is 4.79 Å². The number of pyridine rings is 1. The van der Waals surface area contributed by atoms with Gasteiger partial charge < -0.3 is 19.4 Å². The van der Waals surface area contributed by atoms with Gasteiger partial charge in [0.25, 0.3) is 5.91 Å². The standard InChI is InChI=1S/C26H24ClN3O3S/c27-19-6-8-20(9-7-19)34-17-22-21-3-1-2-4-23(21)33-25(22)26(31)29-16-18-5-10-24(28-15-18)30-11-13-32-14-12-30/h1-10,15H,11-14,16-17H2,(H,29,31). The van der Waals surface area contributed by atoms with Crippen LogP contribution >= 0.6 is 23.4 Å². The minimum absolute atomic E-state index is 0.236. The number of carbonyl (C=O) groups is 1. The number of nitrogens with zero attached hydrogens (tertiary/aromatic N) is 2.